The van der Waals surface area contributed by atoms with Gasteiger partial charge in [-0.1, -0.05) is 37.3 Å². The van der Waals surface area contributed by atoms with Crippen LogP contribution < -0.4 is 9.64 Å². The van der Waals surface area contributed by atoms with Gasteiger partial charge >= 0.3 is 0 Å². The summed E-state index contributed by atoms with van der Waals surface area (Å²) in [5.74, 6) is 0.798. The SMILES string of the molecule is CCC(=O)N(Cc1cccnc1)c1ccc(OCc2ccc3ccccc3n2)cc1. The number of hydrogen-bond acceptors (Lipinski definition) is 4. The van der Waals surface area contributed by atoms with Crippen LogP contribution in [0.1, 0.15) is 24.6 Å². The fourth-order valence-corrected chi connectivity index (χ4v) is 3.26. The van der Waals surface area contributed by atoms with Crippen LogP contribution in [0.4, 0.5) is 5.69 Å². The van der Waals surface area contributed by atoms with E-state index >= 15 is 0 Å². The average Bonchev–Trinajstić information content (AvgIpc) is 2.81. The maximum Gasteiger partial charge on any atom is 0.227 e. The molecular weight excluding hydrogens is 374 g/mol. The smallest absolute Gasteiger partial charge is 0.227 e. The molecule has 0 fully saturated rings. The first-order valence-electron chi connectivity index (χ1n) is 10.00. The number of amides is 1. The van der Waals surface area contributed by atoms with Crippen LogP contribution in [-0.2, 0) is 17.9 Å². The Morgan fingerprint density at radius 3 is 2.57 bits per heavy atom. The number of ether oxygens (including phenoxy) is 1. The maximum atomic E-state index is 12.5. The zero-order chi connectivity index (χ0) is 20.8. The van der Waals surface area contributed by atoms with E-state index in [1.807, 2.05) is 73.7 Å². The average molecular weight is 397 g/mol. The number of carbonyl (C=O) groups excluding carboxylic acids is 1. The molecule has 0 aliphatic carbocycles. The van der Waals surface area contributed by atoms with E-state index in [1.165, 1.54) is 0 Å². The standard InChI is InChI=1S/C25H23N3O2/c1-2-25(29)28(17-19-6-5-15-26-16-19)22-11-13-23(14-12-22)30-18-21-10-9-20-7-3-4-8-24(20)27-21/h3-16H,2,17-18H2,1H3. The number of rotatable bonds is 7. The van der Waals surface area contributed by atoms with Crippen LogP contribution >= 0.6 is 0 Å². The Morgan fingerprint density at radius 2 is 1.80 bits per heavy atom. The second-order valence-electron chi connectivity index (χ2n) is 6.97. The number of para-hydroxylation sites is 1. The van der Waals surface area contributed by atoms with Crippen molar-refractivity contribution in [2.45, 2.75) is 26.5 Å². The molecule has 2 aromatic carbocycles. The monoisotopic (exact) mass is 397 g/mol. The molecule has 150 valence electrons. The normalized spacial score (nSPS) is 10.7. The minimum Gasteiger partial charge on any atom is -0.487 e. The molecular formula is C25H23N3O2. The van der Waals surface area contributed by atoms with Crippen LogP contribution in [0.25, 0.3) is 10.9 Å². The number of pyridine rings is 2. The van der Waals surface area contributed by atoms with Crippen molar-refractivity contribution >= 4 is 22.5 Å². The fourth-order valence-electron chi connectivity index (χ4n) is 3.26. The van der Waals surface area contributed by atoms with E-state index < -0.39 is 0 Å². The highest BCUT2D eigenvalue weighted by Crippen LogP contribution is 2.23. The summed E-state index contributed by atoms with van der Waals surface area (Å²) in [6.45, 7) is 2.74. The molecule has 5 heteroatoms. The van der Waals surface area contributed by atoms with Gasteiger partial charge in [-0.05, 0) is 48.0 Å². The van der Waals surface area contributed by atoms with E-state index in [4.69, 9.17) is 4.74 Å². The highest BCUT2D eigenvalue weighted by atomic mass is 16.5. The molecule has 4 rings (SSSR count). The van der Waals surface area contributed by atoms with Crippen molar-refractivity contribution in [2.24, 2.45) is 0 Å². The summed E-state index contributed by atoms with van der Waals surface area (Å²) in [7, 11) is 0. The summed E-state index contributed by atoms with van der Waals surface area (Å²) in [5, 5.41) is 1.11. The minimum atomic E-state index is 0.0629. The number of anilines is 1. The first-order chi connectivity index (χ1) is 14.7. The molecule has 5 nitrogen and oxygen atoms in total. The van der Waals surface area contributed by atoms with E-state index in [-0.39, 0.29) is 5.91 Å². The summed E-state index contributed by atoms with van der Waals surface area (Å²) in [6, 6.07) is 23.5. The molecule has 0 aliphatic rings. The third kappa shape index (κ3) is 4.63. The molecule has 4 aromatic rings. The van der Waals surface area contributed by atoms with Crippen molar-refractivity contribution in [3.63, 3.8) is 0 Å². The van der Waals surface area contributed by atoms with Crippen LogP contribution in [0.3, 0.4) is 0 Å². The Kier molecular flexibility index (Phi) is 5.99. The molecule has 0 unspecified atom stereocenters. The van der Waals surface area contributed by atoms with Gasteiger partial charge in [0.05, 0.1) is 17.8 Å². The highest BCUT2D eigenvalue weighted by molar-refractivity contribution is 5.93. The van der Waals surface area contributed by atoms with Crippen molar-refractivity contribution < 1.29 is 9.53 Å². The molecule has 0 spiro atoms. The molecule has 0 atom stereocenters. The van der Waals surface area contributed by atoms with Crippen LogP contribution in [0, 0.1) is 0 Å². The van der Waals surface area contributed by atoms with E-state index in [0.29, 0.717) is 19.6 Å². The Balaban J connectivity index is 1.45. The molecule has 0 saturated heterocycles. The summed E-state index contributed by atoms with van der Waals surface area (Å²) in [4.78, 5) is 23.0. The lowest BCUT2D eigenvalue weighted by Crippen LogP contribution is -2.29. The second kappa shape index (κ2) is 9.18. The third-order valence-corrected chi connectivity index (χ3v) is 4.86. The van der Waals surface area contributed by atoms with Gasteiger partial charge < -0.3 is 9.64 Å². The molecule has 0 radical (unpaired) electrons. The van der Waals surface area contributed by atoms with Gasteiger partial charge in [-0.25, -0.2) is 4.98 Å². The molecule has 0 saturated carbocycles. The first kappa shape index (κ1) is 19.6. The molecule has 30 heavy (non-hydrogen) atoms. The fraction of sp³-hybridized carbons (Fsp3) is 0.160. The van der Waals surface area contributed by atoms with Crippen molar-refractivity contribution in [1.29, 1.82) is 0 Å². The summed E-state index contributed by atoms with van der Waals surface area (Å²) in [6.07, 6.45) is 3.95. The Labute approximate surface area is 176 Å². The summed E-state index contributed by atoms with van der Waals surface area (Å²) >= 11 is 0. The number of aromatic nitrogens is 2. The van der Waals surface area contributed by atoms with E-state index in [0.717, 1.165) is 33.6 Å². The maximum absolute atomic E-state index is 12.5. The van der Waals surface area contributed by atoms with Gasteiger partial charge in [0.2, 0.25) is 5.91 Å². The molecule has 0 N–H and O–H groups in total. The number of benzene rings is 2. The quantitative estimate of drug-likeness (QED) is 0.433. The van der Waals surface area contributed by atoms with Gasteiger partial charge in [0.1, 0.15) is 12.4 Å². The van der Waals surface area contributed by atoms with Crippen LogP contribution in [-0.4, -0.2) is 15.9 Å². The third-order valence-electron chi connectivity index (χ3n) is 4.86. The number of carbonyl (C=O) groups is 1. The van der Waals surface area contributed by atoms with Gasteiger partial charge in [0.15, 0.2) is 0 Å². The van der Waals surface area contributed by atoms with Crippen molar-refractivity contribution in [1.82, 2.24) is 9.97 Å². The van der Waals surface area contributed by atoms with E-state index in [1.54, 1.807) is 17.3 Å². The molecule has 2 heterocycles. The van der Waals surface area contributed by atoms with Crippen molar-refractivity contribution in [2.75, 3.05) is 4.90 Å². The lowest BCUT2D eigenvalue weighted by atomic mass is 10.2. The van der Waals surface area contributed by atoms with Gasteiger partial charge in [-0.2, -0.15) is 0 Å². The van der Waals surface area contributed by atoms with Crippen molar-refractivity contribution in [3.8, 4) is 5.75 Å². The predicted molar refractivity (Wildman–Crippen MR) is 118 cm³/mol. The largest absolute Gasteiger partial charge is 0.487 e. The number of fused-ring (bicyclic) bond motifs is 1. The summed E-state index contributed by atoms with van der Waals surface area (Å²) in [5.41, 5.74) is 3.65. The van der Waals surface area contributed by atoms with Crippen molar-refractivity contribution in [3.05, 3.63) is 96.4 Å². The highest BCUT2D eigenvalue weighted by Gasteiger charge is 2.15. The number of nitrogens with zero attached hydrogens (tertiary/aromatic N) is 3. The van der Waals surface area contributed by atoms with Gasteiger partial charge in [-0.3, -0.25) is 9.78 Å². The van der Waals surface area contributed by atoms with E-state index in [9.17, 15) is 4.79 Å². The minimum absolute atomic E-state index is 0.0629. The molecule has 2 aromatic heterocycles. The lowest BCUT2D eigenvalue weighted by molar-refractivity contribution is -0.118. The topological polar surface area (TPSA) is 55.3 Å². The van der Waals surface area contributed by atoms with Crippen LogP contribution in [0.5, 0.6) is 5.75 Å². The summed E-state index contributed by atoms with van der Waals surface area (Å²) < 4.78 is 5.90. The first-order valence-corrected chi connectivity index (χ1v) is 10.00. The molecule has 1 amide bonds. The predicted octanol–water partition coefficient (Wildman–Crippen LogP) is 5.15. The van der Waals surface area contributed by atoms with E-state index in [2.05, 4.69) is 16.0 Å². The number of hydrogen-bond donors (Lipinski definition) is 0. The van der Waals surface area contributed by atoms with Crippen LogP contribution in [0.2, 0.25) is 0 Å². The Bertz CT molecular complexity index is 1130. The Hall–Kier alpha value is -3.73. The van der Waals surface area contributed by atoms with Gasteiger partial charge in [0, 0.05) is 29.9 Å². The molecule has 0 aliphatic heterocycles. The second-order valence-corrected chi connectivity index (χ2v) is 6.97. The van der Waals surface area contributed by atoms with Crippen LogP contribution in [0.15, 0.2) is 85.2 Å². The zero-order valence-corrected chi connectivity index (χ0v) is 16.9. The molecule has 0 bridgehead atoms. The lowest BCUT2D eigenvalue weighted by Gasteiger charge is -2.22. The van der Waals surface area contributed by atoms with Gasteiger partial charge in [0.25, 0.3) is 0 Å². The Morgan fingerprint density at radius 1 is 0.967 bits per heavy atom. The zero-order valence-electron chi connectivity index (χ0n) is 16.9. The van der Waals surface area contributed by atoms with Gasteiger partial charge in [-0.15, -0.1) is 0 Å².